The Hall–Kier alpha value is -1.64. The van der Waals surface area contributed by atoms with Crippen molar-refractivity contribution >= 4 is 0 Å². The van der Waals surface area contributed by atoms with Crippen LogP contribution in [0.15, 0.2) is 48.5 Å². The van der Waals surface area contributed by atoms with E-state index >= 15 is 0 Å². The van der Waals surface area contributed by atoms with Crippen LogP contribution in [-0.2, 0) is 13.0 Å². The summed E-state index contributed by atoms with van der Waals surface area (Å²) in [5, 5.41) is 11.4. The van der Waals surface area contributed by atoms with Crippen molar-refractivity contribution in [1.82, 2.24) is 4.90 Å². The molecule has 2 aliphatic heterocycles. The third-order valence-electron chi connectivity index (χ3n) is 6.45. The Labute approximate surface area is 151 Å². The predicted octanol–water partition coefficient (Wildman–Crippen LogP) is 4.40. The first-order valence-corrected chi connectivity index (χ1v) is 9.61. The Kier molecular flexibility index (Phi) is 4.43. The van der Waals surface area contributed by atoms with Crippen LogP contribution in [0.2, 0.25) is 0 Å². The van der Waals surface area contributed by atoms with Crippen LogP contribution >= 0.6 is 0 Å². The van der Waals surface area contributed by atoms with Gasteiger partial charge in [0.25, 0.3) is 0 Å². The highest BCUT2D eigenvalue weighted by Crippen LogP contribution is 2.43. The van der Waals surface area contributed by atoms with Gasteiger partial charge in [-0.15, -0.1) is 0 Å². The van der Waals surface area contributed by atoms with Crippen molar-refractivity contribution in [3.63, 3.8) is 0 Å². The lowest BCUT2D eigenvalue weighted by atomic mass is 9.80. The average molecular weight is 335 g/mol. The van der Waals surface area contributed by atoms with Gasteiger partial charge in [-0.3, -0.25) is 4.90 Å². The lowest BCUT2D eigenvalue weighted by Gasteiger charge is -2.44. The fourth-order valence-corrected chi connectivity index (χ4v) is 4.97. The van der Waals surface area contributed by atoms with Crippen molar-refractivity contribution in [2.45, 2.75) is 70.2 Å². The van der Waals surface area contributed by atoms with Crippen LogP contribution in [0.3, 0.4) is 0 Å². The fourth-order valence-electron chi connectivity index (χ4n) is 4.97. The van der Waals surface area contributed by atoms with E-state index in [1.807, 2.05) is 0 Å². The van der Waals surface area contributed by atoms with Crippen molar-refractivity contribution in [3.05, 3.63) is 70.8 Å². The number of hydrogen-bond donors (Lipinski definition) is 1. The second-order valence-electron chi connectivity index (χ2n) is 8.21. The quantitative estimate of drug-likeness (QED) is 0.895. The van der Waals surface area contributed by atoms with Crippen molar-refractivity contribution in [3.8, 4) is 0 Å². The van der Waals surface area contributed by atoms with Crippen LogP contribution < -0.4 is 0 Å². The molecule has 2 aliphatic rings. The van der Waals surface area contributed by atoms with E-state index < -0.39 is 5.60 Å². The van der Waals surface area contributed by atoms with Crippen LogP contribution in [0.4, 0.5) is 0 Å². The summed E-state index contributed by atoms with van der Waals surface area (Å²) in [6.45, 7) is 5.37. The van der Waals surface area contributed by atoms with E-state index in [-0.39, 0.29) is 0 Å². The summed E-state index contributed by atoms with van der Waals surface area (Å²) in [6.07, 6.45) is 5.07. The van der Waals surface area contributed by atoms with Gasteiger partial charge in [-0.2, -0.15) is 0 Å². The first kappa shape index (κ1) is 16.8. The zero-order valence-electron chi connectivity index (χ0n) is 15.4. The fraction of sp³-hybridized carbons (Fsp3) is 0.478. The molecular weight excluding hydrogens is 306 g/mol. The van der Waals surface area contributed by atoms with Crippen molar-refractivity contribution in [2.75, 3.05) is 0 Å². The van der Waals surface area contributed by atoms with Crippen LogP contribution in [0, 0.1) is 13.8 Å². The minimum atomic E-state index is -0.544. The van der Waals surface area contributed by atoms with E-state index in [0.717, 1.165) is 25.8 Å². The molecule has 2 atom stereocenters. The molecule has 2 unspecified atom stereocenters. The van der Waals surface area contributed by atoms with Gasteiger partial charge in [0.1, 0.15) is 0 Å². The average Bonchev–Trinajstić information content (AvgIpc) is 2.84. The number of aryl methyl sites for hydroxylation is 1. The molecule has 2 heterocycles. The smallest absolute Gasteiger partial charge is 0.0717 e. The maximum absolute atomic E-state index is 11.4. The number of benzene rings is 2. The maximum Gasteiger partial charge on any atom is 0.0717 e. The molecule has 0 spiro atoms. The van der Waals surface area contributed by atoms with Crippen molar-refractivity contribution < 1.29 is 5.11 Å². The highest BCUT2D eigenvalue weighted by molar-refractivity contribution is 5.34. The Morgan fingerprint density at radius 1 is 0.960 bits per heavy atom. The molecule has 0 aromatic heterocycles. The molecule has 132 valence electrons. The van der Waals surface area contributed by atoms with E-state index in [1.165, 1.54) is 35.1 Å². The number of rotatable bonds is 4. The van der Waals surface area contributed by atoms with Gasteiger partial charge in [0.05, 0.1) is 5.60 Å². The highest BCUT2D eigenvalue weighted by atomic mass is 16.3. The lowest BCUT2D eigenvalue weighted by Crippen LogP contribution is -2.51. The molecule has 25 heavy (non-hydrogen) atoms. The summed E-state index contributed by atoms with van der Waals surface area (Å²) in [7, 11) is 0. The Morgan fingerprint density at radius 3 is 2.32 bits per heavy atom. The van der Waals surface area contributed by atoms with Gasteiger partial charge < -0.3 is 5.11 Å². The lowest BCUT2D eigenvalue weighted by molar-refractivity contribution is -0.0541. The van der Waals surface area contributed by atoms with Gasteiger partial charge in [-0.25, -0.2) is 0 Å². The van der Waals surface area contributed by atoms with Gasteiger partial charge in [0.15, 0.2) is 0 Å². The van der Waals surface area contributed by atoms with E-state index in [1.54, 1.807) is 0 Å². The van der Waals surface area contributed by atoms with Gasteiger partial charge in [0, 0.05) is 25.0 Å². The molecule has 2 heteroatoms. The molecule has 2 fully saturated rings. The predicted molar refractivity (Wildman–Crippen MR) is 103 cm³/mol. The molecule has 4 rings (SSSR count). The largest absolute Gasteiger partial charge is 0.389 e. The molecule has 1 N–H and O–H groups in total. The summed E-state index contributed by atoms with van der Waals surface area (Å²) in [4.78, 5) is 2.65. The molecule has 2 nitrogen and oxygen atoms in total. The first-order chi connectivity index (χ1) is 12.0. The van der Waals surface area contributed by atoms with Gasteiger partial charge in [-0.1, -0.05) is 48.5 Å². The van der Waals surface area contributed by atoms with Crippen LogP contribution in [0.25, 0.3) is 0 Å². The molecular formula is C23H29NO. The van der Waals surface area contributed by atoms with Crippen LogP contribution in [0.1, 0.15) is 47.9 Å². The molecule has 0 aliphatic carbocycles. The minimum absolute atomic E-state index is 0.522. The van der Waals surface area contributed by atoms with Crippen molar-refractivity contribution in [1.29, 1.82) is 0 Å². The Morgan fingerprint density at radius 2 is 1.64 bits per heavy atom. The number of nitrogens with zero attached hydrogens (tertiary/aromatic N) is 1. The first-order valence-electron chi connectivity index (χ1n) is 9.61. The molecule has 2 saturated heterocycles. The Bertz CT molecular complexity index is 725. The summed E-state index contributed by atoms with van der Waals surface area (Å²) in [5.41, 5.74) is 4.83. The van der Waals surface area contributed by atoms with E-state index in [0.29, 0.717) is 12.1 Å². The van der Waals surface area contributed by atoms with Crippen molar-refractivity contribution in [2.24, 2.45) is 0 Å². The molecule has 2 bridgehead atoms. The second-order valence-corrected chi connectivity index (χ2v) is 8.21. The van der Waals surface area contributed by atoms with E-state index in [4.69, 9.17) is 0 Å². The van der Waals surface area contributed by atoms with E-state index in [2.05, 4.69) is 67.3 Å². The molecule has 2 aromatic rings. The number of hydrogen-bond acceptors (Lipinski definition) is 2. The zero-order chi connectivity index (χ0) is 17.4. The number of aliphatic hydroxyl groups is 1. The second kappa shape index (κ2) is 6.59. The highest BCUT2D eigenvalue weighted by Gasteiger charge is 2.47. The molecule has 0 radical (unpaired) electrons. The van der Waals surface area contributed by atoms with Crippen LogP contribution in [-0.4, -0.2) is 27.7 Å². The Balaban J connectivity index is 1.49. The molecule has 0 saturated carbocycles. The van der Waals surface area contributed by atoms with Crippen LogP contribution in [0.5, 0.6) is 0 Å². The normalized spacial score (nSPS) is 29.1. The van der Waals surface area contributed by atoms with E-state index in [9.17, 15) is 5.11 Å². The summed E-state index contributed by atoms with van der Waals surface area (Å²) < 4.78 is 0. The molecule has 2 aromatic carbocycles. The molecule has 0 amide bonds. The topological polar surface area (TPSA) is 23.5 Å². The zero-order valence-corrected chi connectivity index (χ0v) is 15.4. The maximum atomic E-state index is 11.4. The number of piperidine rings is 1. The number of fused-ring (bicyclic) bond motifs is 2. The minimum Gasteiger partial charge on any atom is -0.389 e. The third kappa shape index (κ3) is 3.38. The summed E-state index contributed by atoms with van der Waals surface area (Å²) in [6, 6.07) is 18.3. The third-order valence-corrected chi connectivity index (χ3v) is 6.45. The van der Waals surface area contributed by atoms with Gasteiger partial charge >= 0.3 is 0 Å². The summed E-state index contributed by atoms with van der Waals surface area (Å²) >= 11 is 0. The SMILES string of the molecule is Cc1cccc(CC2(O)CC3CCC(C2)N3Cc2ccccc2)c1C. The standard InChI is InChI=1S/C23H29NO/c1-17-7-6-10-20(18(17)2)13-23(25)14-21-11-12-22(15-23)24(21)16-19-8-4-3-5-9-19/h3-10,21-22,25H,11-16H2,1-2H3. The van der Waals surface area contributed by atoms with Gasteiger partial charge in [-0.05, 0) is 61.8 Å². The summed E-state index contributed by atoms with van der Waals surface area (Å²) in [5.74, 6) is 0. The van der Waals surface area contributed by atoms with Gasteiger partial charge in [0.2, 0.25) is 0 Å². The monoisotopic (exact) mass is 335 g/mol.